The Morgan fingerprint density at radius 1 is 0.905 bits per heavy atom. The van der Waals surface area contributed by atoms with Gasteiger partial charge in [-0.3, -0.25) is 33.7 Å². The third-order valence-corrected chi connectivity index (χ3v) is 6.14. The van der Waals surface area contributed by atoms with Crippen molar-refractivity contribution in [2.75, 3.05) is 18.4 Å². The number of nitrogens with zero attached hydrogens (tertiary/aromatic N) is 1. The third-order valence-electron chi connectivity index (χ3n) is 6.14. The van der Waals surface area contributed by atoms with Gasteiger partial charge in [0.2, 0.25) is 17.7 Å². The number of anilines is 1. The van der Waals surface area contributed by atoms with Crippen molar-refractivity contribution >= 4 is 47.2 Å². The Labute approximate surface area is 243 Å². The summed E-state index contributed by atoms with van der Waals surface area (Å²) in [6.07, 6.45) is 2.52. The SMILES string of the molecule is CC(C)C(=O)OCc1ccc(NC(=O)[C@H](CCCNC(N)=O)NC(=O)[C@@H](NC(=O)CN2C(=O)C=CC2=O)C(C)C)cc1. The zero-order valence-corrected chi connectivity index (χ0v) is 24.1. The smallest absolute Gasteiger partial charge is 0.312 e. The molecule has 2 rings (SSSR count). The van der Waals surface area contributed by atoms with Gasteiger partial charge in [-0.15, -0.1) is 0 Å². The van der Waals surface area contributed by atoms with Gasteiger partial charge >= 0.3 is 12.0 Å². The van der Waals surface area contributed by atoms with Crippen molar-refractivity contribution in [1.82, 2.24) is 20.9 Å². The fraction of sp³-hybridized carbons (Fsp3) is 0.464. The van der Waals surface area contributed by atoms with E-state index < -0.39 is 60.1 Å². The Hall–Kier alpha value is -4.75. The molecule has 0 spiro atoms. The maximum Gasteiger partial charge on any atom is 0.312 e. The Bertz CT molecular complexity index is 1190. The molecule has 42 heavy (non-hydrogen) atoms. The summed E-state index contributed by atoms with van der Waals surface area (Å²) in [6, 6.07) is 3.75. The number of benzene rings is 1. The number of nitrogens with two attached hydrogens (primary N) is 1. The maximum absolute atomic E-state index is 13.2. The molecule has 1 heterocycles. The number of esters is 1. The van der Waals surface area contributed by atoms with Gasteiger partial charge in [-0.25, -0.2) is 4.79 Å². The van der Waals surface area contributed by atoms with E-state index in [0.29, 0.717) is 17.7 Å². The van der Waals surface area contributed by atoms with E-state index in [9.17, 15) is 33.6 Å². The van der Waals surface area contributed by atoms with Gasteiger partial charge in [0.15, 0.2) is 0 Å². The fourth-order valence-electron chi connectivity index (χ4n) is 3.77. The van der Waals surface area contributed by atoms with Crippen LogP contribution >= 0.6 is 0 Å². The number of rotatable bonds is 15. The average Bonchev–Trinajstić information content (AvgIpc) is 3.24. The number of hydrogen-bond acceptors (Lipinski definition) is 8. The molecule has 0 fully saturated rings. The highest BCUT2D eigenvalue weighted by atomic mass is 16.5. The van der Waals surface area contributed by atoms with Crippen LogP contribution < -0.4 is 27.0 Å². The normalized spacial score (nSPS) is 14.0. The summed E-state index contributed by atoms with van der Waals surface area (Å²) < 4.78 is 5.20. The van der Waals surface area contributed by atoms with Crippen molar-refractivity contribution in [1.29, 1.82) is 0 Å². The van der Waals surface area contributed by atoms with E-state index in [-0.39, 0.29) is 31.5 Å². The summed E-state index contributed by atoms with van der Waals surface area (Å²) in [5, 5.41) is 10.3. The van der Waals surface area contributed by atoms with E-state index in [1.165, 1.54) is 0 Å². The second kappa shape index (κ2) is 15.9. The van der Waals surface area contributed by atoms with Gasteiger partial charge in [-0.2, -0.15) is 0 Å². The number of amides is 7. The molecule has 0 saturated carbocycles. The lowest BCUT2D eigenvalue weighted by Gasteiger charge is -2.26. The quantitative estimate of drug-likeness (QED) is 0.110. The Morgan fingerprint density at radius 2 is 1.52 bits per heavy atom. The van der Waals surface area contributed by atoms with E-state index in [1.807, 2.05) is 0 Å². The lowest BCUT2D eigenvalue weighted by Crippen LogP contribution is -2.56. The monoisotopic (exact) mass is 586 g/mol. The number of carbonyl (C=O) groups excluding carboxylic acids is 7. The molecule has 0 unspecified atom stereocenters. The van der Waals surface area contributed by atoms with Crippen LogP contribution in [0.15, 0.2) is 36.4 Å². The number of primary amides is 1. The molecule has 14 heteroatoms. The van der Waals surface area contributed by atoms with Gasteiger partial charge in [0.1, 0.15) is 25.2 Å². The molecule has 7 amide bonds. The average molecular weight is 587 g/mol. The summed E-state index contributed by atoms with van der Waals surface area (Å²) in [5.74, 6) is -4.18. The van der Waals surface area contributed by atoms with Crippen LogP contribution in [0.1, 0.15) is 46.1 Å². The van der Waals surface area contributed by atoms with Crippen molar-refractivity contribution in [2.24, 2.45) is 17.6 Å². The van der Waals surface area contributed by atoms with Gasteiger partial charge < -0.3 is 31.7 Å². The number of ether oxygens (including phenoxy) is 1. The number of carbonyl (C=O) groups is 7. The van der Waals surface area contributed by atoms with Gasteiger partial charge in [-0.1, -0.05) is 39.8 Å². The van der Waals surface area contributed by atoms with E-state index >= 15 is 0 Å². The minimum absolute atomic E-state index is 0.0791. The van der Waals surface area contributed by atoms with Crippen LogP contribution in [-0.4, -0.2) is 71.6 Å². The molecule has 0 aliphatic carbocycles. The largest absolute Gasteiger partial charge is 0.461 e. The van der Waals surface area contributed by atoms with Crippen LogP contribution in [0, 0.1) is 11.8 Å². The molecule has 14 nitrogen and oxygen atoms in total. The Balaban J connectivity index is 2.07. The van der Waals surface area contributed by atoms with Gasteiger partial charge in [0.25, 0.3) is 11.8 Å². The molecule has 1 aliphatic heterocycles. The molecule has 2 atom stereocenters. The number of urea groups is 1. The lowest BCUT2D eigenvalue weighted by atomic mass is 10.0. The predicted octanol–water partition coefficient (Wildman–Crippen LogP) is 0.323. The fourth-order valence-corrected chi connectivity index (χ4v) is 3.77. The molecular weight excluding hydrogens is 548 g/mol. The minimum Gasteiger partial charge on any atom is -0.461 e. The van der Waals surface area contributed by atoms with Gasteiger partial charge in [-0.05, 0) is 36.5 Å². The van der Waals surface area contributed by atoms with Gasteiger partial charge in [0, 0.05) is 24.4 Å². The van der Waals surface area contributed by atoms with Crippen molar-refractivity contribution in [3.05, 3.63) is 42.0 Å². The van der Waals surface area contributed by atoms with Crippen LogP contribution in [0.3, 0.4) is 0 Å². The molecule has 0 saturated heterocycles. The number of nitrogens with one attached hydrogen (secondary N) is 4. The van der Waals surface area contributed by atoms with Crippen LogP contribution in [0.4, 0.5) is 10.5 Å². The highest BCUT2D eigenvalue weighted by Crippen LogP contribution is 2.13. The molecule has 0 bridgehead atoms. The van der Waals surface area contributed by atoms with E-state index in [2.05, 4.69) is 21.3 Å². The zero-order valence-electron chi connectivity index (χ0n) is 24.1. The second-order valence-corrected chi connectivity index (χ2v) is 10.3. The molecule has 6 N–H and O–H groups in total. The lowest BCUT2D eigenvalue weighted by molar-refractivity contribution is -0.148. The van der Waals surface area contributed by atoms with Crippen molar-refractivity contribution < 1.29 is 38.3 Å². The number of hydrogen-bond donors (Lipinski definition) is 5. The maximum atomic E-state index is 13.2. The molecule has 228 valence electrons. The van der Waals surface area contributed by atoms with E-state index in [4.69, 9.17) is 10.5 Å². The first-order chi connectivity index (χ1) is 19.8. The summed E-state index contributed by atoms with van der Waals surface area (Å²) in [6.45, 7) is 6.51. The molecule has 1 aromatic carbocycles. The highest BCUT2D eigenvalue weighted by Gasteiger charge is 2.31. The molecule has 1 aromatic rings. The van der Waals surface area contributed by atoms with Crippen molar-refractivity contribution in [3.8, 4) is 0 Å². The first-order valence-electron chi connectivity index (χ1n) is 13.5. The van der Waals surface area contributed by atoms with Crippen LogP contribution in [0.5, 0.6) is 0 Å². The predicted molar refractivity (Wildman–Crippen MR) is 151 cm³/mol. The van der Waals surface area contributed by atoms with Gasteiger partial charge in [0.05, 0.1) is 5.92 Å². The highest BCUT2D eigenvalue weighted by molar-refractivity contribution is 6.14. The minimum atomic E-state index is -1.08. The summed E-state index contributed by atoms with van der Waals surface area (Å²) in [5.41, 5.74) is 6.24. The van der Waals surface area contributed by atoms with Crippen LogP contribution in [0.25, 0.3) is 0 Å². The van der Waals surface area contributed by atoms with E-state index in [0.717, 1.165) is 17.1 Å². The summed E-state index contributed by atoms with van der Waals surface area (Å²) >= 11 is 0. The third kappa shape index (κ3) is 10.7. The molecule has 0 aromatic heterocycles. The van der Waals surface area contributed by atoms with Crippen LogP contribution in [-0.2, 0) is 40.1 Å². The topological polar surface area (TPSA) is 206 Å². The Kier molecular flexibility index (Phi) is 12.7. The molecule has 0 radical (unpaired) electrons. The Morgan fingerprint density at radius 3 is 2.07 bits per heavy atom. The zero-order chi connectivity index (χ0) is 31.4. The number of imide groups is 1. The van der Waals surface area contributed by atoms with Crippen LogP contribution in [0.2, 0.25) is 0 Å². The summed E-state index contributed by atoms with van der Waals surface area (Å²) in [4.78, 5) is 86.0. The molecule has 1 aliphatic rings. The van der Waals surface area contributed by atoms with Crippen molar-refractivity contribution in [2.45, 2.75) is 59.2 Å². The first kappa shape index (κ1) is 33.5. The summed E-state index contributed by atoms with van der Waals surface area (Å²) in [7, 11) is 0. The van der Waals surface area contributed by atoms with Crippen molar-refractivity contribution in [3.63, 3.8) is 0 Å². The standard InChI is InChI=1S/C28H38N6O8/c1-16(2)24(33-21(35)14-34-22(36)11-12-23(34)37)26(39)32-20(6-5-13-30-28(29)41)25(38)31-19-9-7-18(8-10-19)15-42-27(40)17(3)4/h7-12,16-17,20,24H,5-6,13-15H2,1-4H3,(H,31,38)(H,32,39)(H,33,35)(H3,29,30,41)/t20-,24-/m0/s1. The first-order valence-corrected chi connectivity index (χ1v) is 13.5. The molecular formula is C28H38N6O8. The van der Waals surface area contributed by atoms with E-state index in [1.54, 1.807) is 52.0 Å². The second-order valence-electron chi connectivity index (χ2n) is 10.3.